The van der Waals surface area contributed by atoms with E-state index in [1.165, 1.54) is 25.9 Å². The molecule has 1 fully saturated rings. The van der Waals surface area contributed by atoms with Gasteiger partial charge in [-0.1, -0.05) is 0 Å². The van der Waals surface area contributed by atoms with Crippen LogP contribution < -0.4 is 0 Å². The van der Waals surface area contributed by atoms with Crippen LogP contribution in [0.1, 0.15) is 12.8 Å². The first-order valence-electron chi connectivity index (χ1n) is 3.15. The fourth-order valence-electron chi connectivity index (χ4n) is 1.09. The summed E-state index contributed by atoms with van der Waals surface area (Å²) < 4.78 is 5.09. The second-order valence-electron chi connectivity index (χ2n) is 2.24. The maximum Gasteiger partial charge on any atom is 0.411 e. The van der Waals surface area contributed by atoms with Crippen LogP contribution in [0.15, 0.2) is 0 Å². The predicted octanol–water partition coefficient (Wildman–Crippen LogP) is -0.396. The smallest absolute Gasteiger partial charge is 0.411 e. The van der Waals surface area contributed by atoms with Crippen LogP contribution in [0.25, 0.3) is 0 Å². The first-order valence-corrected chi connectivity index (χ1v) is 3.96. The third-order valence-electron chi connectivity index (χ3n) is 1.51. The molecule has 0 bridgehead atoms. The molecule has 46 valence electrons. The molecule has 1 saturated heterocycles. The average Bonchev–Trinajstić information content (AvgIpc) is 2.19. The van der Waals surface area contributed by atoms with Crippen molar-refractivity contribution in [3.63, 3.8) is 0 Å². The Bertz CT molecular complexity index is 63.4. The molecule has 8 heavy (non-hydrogen) atoms. The van der Waals surface area contributed by atoms with E-state index >= 15 is 0 Å². The lowest BCUT2D eigenvalue weighted by atomic mass is 10.4. The summed E-state index contributed by atoms with van der Waals surface area (Å²) in [6.07, 6.45) is 2.73. The van der Waals surface area contributed by atoms with E-state index in [2.05, 4.69) is 4.90 Å². The van der Waals surface area contributed by atoms with Crippen molar-refractivity contribution in [3.05, 3.63) is 0 Å². The highest BCUT2D eigenvalue weighted by Gasteiger charge is 2.08. The molecule has 0 N–H and O–H groups in total. The van der Waals surface area contributed by atoms with Gasteiger partial charge in [0.05, 0.1) is 6.73 Å². The maximum atomic E-state index is 5.09. The van der Waals surface area contributed by atoms with Gasteiger partial charge in [-0.25, -0.2) is 0 Å². The Balaban J connectivity index is 2.06. The highest BCUT2D eigenvalue weighted by molar-refractivity contribution is 5.97. The van der Waals surface area contributed by atoms with Crippen LogP contribution in [0.2, 0.25) is 0 Å². The number of hydrogen-bond acceptors (Lipinski definition) is 2. The fraction of sp³-hybridized carbons (Fsp3) is 1.00. The Labute approximate surface area is 58.6 Å². The number of hydrogen-bond donors (Lipinski definition) is 0. The molecule has 0 saturated carbocycles. The topological polar surface area (TPSA) is 12.5 Å². The highest BCUT2D eigenvalue weighted by Crippen LogP contribution is 2.05. The molecule has 0 unspecified atom stereocenters. The lowest BCUT2D eigenvalue weighted by Gasteiger charge is -2.12. The molecule has 0 spiro atoms. The van der Waals surface area contributed by atoms with E-state index < -0.39 is 0 Å². The molecule has 0 amide bonds. The van der Waals surface area contributed by atoms with Crippen LogP contribution in [-0.2, 0) is 3.79 Å². The van der Waals surface area contributed by atoms with Gasteiger partial charge < -0.3 is 3.79 Å². The summed E-state index contributed by atoms with van der Waals surface area (Å²) in [4.78, 5) is 2.35. The zero-order valence-electron chi connectivity index (χ0n) is 5.39. The standard InChI is InChI=1S/C5H10NO.Al.2H/c7-5-6-3-1-2-4-6;;;/h1-5H2;;;/q-1;+1;;. The molecule has 0 radical (unpaired) electrons. The third-order valence-corrected chi connectivity index (χ3v) is 1.77. The molecule has 2 nitrogen and oxygen atoms in total. The van der Waals surface area contributed by atoms with E-state index in [-0.39, 0.29) is 0 Å². The van der Waals surface area contributed by atoms with E-state index in [0.29, 0.717) is 0 Å². The predicted molar refractivity (Wildman–Crippen MR) is 35.3 cm³/mol. The van der Waals surface area contributed by atoms with Crippen molar-refractivity contribution in [2.45, 2.75) is 12.8 Å². The first kappa shape index (κ1) is 6.57. The zero-order valence-corrected chi connectivity index (χ0v) is 7.39. The minimum absolute atomic E-state index is 0.881. The quantitative estimate of drug-likeness (QED) is 0.470. The van der Waals surface area contributed by atoms with Crippen LogP contribution in [0.3, 0.4) is 0 Å². The van der Waals surface area contributed by atoms with Crippen LogP contribution in [-0.4, -0.2) is 41.3 Å². The molecule has 0 aromatic carbocycles. The Morgan fingerprint density at radius 3 is 2.50 bits per heavy atom. The second kappa shape index (κ2) is 3.47. The van der Waals surface area contributed by atoms with E-state index in [1.807, 2.05) is 0 Å². The van der Waals surface area contributed by atoms with Crippen LogP contribution in [0.4, 0.5) is 0 Å². The fourth-order valence-corrected chi connectivity index (χ4v) is 1.46. The molecule has 0 aromatic rings. The van der Waals surface area contributed by atoms with Gasteiger partial charge in [-0.15, -0.1) is 0 Å². The molecule has 3 heteroatoms. The lowest BCUT2D eigenvalue weighted by molar-refractivity contribution is 0.164. The van der Waals surface area contributed by atoms with Gasteiger partial charge in [0.25, 0.3) is 0 Å². The summed E-state index contributed by atoms with van der Waals surface area (Å²) in [6.45, 7) is 3.39. The van der Waals surface area contributed by atoms with Crippen LogP contribution in [0.5, 0.6) is 0 Å². The van der Waals surface area contributed by atoms with Crippen molar-refractivity contribution in [2.24, 2.45) is 0 Å². The van der Waals surface area contributed by atoms with Gasteiger partial charge in [0.15, 0.2) is 0 Å². The van der Waals surface area contributed by atoms with Crippen molar-refractivity contribution in [1.29, 1.82) is 0 Å². The van der Waals surface area contributed by atoms with Gasteiger partial charge in [-0.3, -0.25) is 4.90 Å². The molecule has 0 atom stereocenters. The summed E-state index contributed by atoms with van der Waals surface area (Å²) in [5, 5.41) is 0. The Morgan fingerprint density at radius 1 is 1.38 bits per heavy atom. The van der Waals surface area contributed by atoms with E-state index in [4.69, 9.17) is 3.79 Å². The molecule has 1 rings (SSSR count). The Hall–Kier alpha value is 0.452. The van der Waals surface area contributed by atoms with Crippen molar-refractivity contribution in [2.75, 3.05) is 19.8 Å². The van der Waals surface area contributed by atoms with Gasteiger partial charge in [-0.2, -0.15) is 0 Å². The van der Waals surface area contributed by atoms with Crippen molar-refractivity contribution in [1.82, 2.24) is 4.90 Å². The first-order chi connectivity index (χ1) is 3.93. The molecule has 0 aromatic heterocycles. The largest absolute Gasteiger partial charge is 0.495 e. The Kier molecular flexibility index (Phi) is 2.85. The summed E-state index contributed by atoms with van der Waals surface area (Å²) in [7, 11) is 0. The molecule has 1 aliphatic heterocycles. The number of nitrogens with zero attached hydrogens (tertiary/aromatic N) is 1. The molecular weight excluding hydrogens is 117 g/mol. The van der Waals surface area contributed by atoms with Crippen molar-refractivity contribution in [3.8, 4) is 0 Å². The summed E-state index contributed by atoms with van der Waals surface area (Å²) >= 11 is 0.882. The van der Waals surface area contributed by atoms with Crippen LogP contribution in [0, 0.1) is 0 Å². The zero-order chi connectivity index (χ0) is 5.82. The van der Waals surface area contributed by atoms with Crippen molar-refractivity contribution < 1.29 is 3.79 Å². The van der Waals surface area contributed by atoms with E-state index in [1.54, 1.807) is 0 Å². The van der Waals surface area contributed by atoms with Gasteiger partial charge in [0, 0.05) is 13.1 Å². The summed E-state index contributed by atoms with van der Waals surface area (Å²) in [5.74, 6) is 0. The number of rotatable bonds is 2. The number of likely N-dealkylation sites (tertiary alicyclic amines) is 1. The normalized spacial score (nSPS) is 22.0. The minimum Gasteiger partial charge on any atom is -0.495 e. The summed E-state index contributed by atoms with van der Waals surface area (Å²) in [6, 6.07) is 0. The second-order valence-corrected chi connectivity index (χ2v) is 2.82. The third kappa shape index (κ3) is 1.76. The SMILES string of the molecule is [AlH2][O]CN1CCCC1. The minimum atomic E-state index is 0.881. The Morgan fingerprint density at radius 2 is 2.00 bits per heavy atom. The molecule has 1 aliphatic rings. The van der Waals surface area contributed by atoms with Gasteiger partial charge >= 0.3 is 16.6 Å². The van der Waals surface area contributed by atoms with Gasteiger partial charge in [0.1, 0.15) is 0 Å². The van der Waals surface area contributed by atoms with E-state index in [0.717, 1.165) is 23.4 Å². The van der Waals surface area contributed by atoms with E-state index in [9.17, 15) is 0 Å². The molecule has 0 aliphatic carbocycles. The average molecular weight is 129 g/mol. The lowest BCUT2D eigenvalue weighted by Crippen LogP contribution is -2.21. The van der Waals surface area contributed by atoms with Gasteiger partial charge in [0.2, 0.25) is 0 Å². The van der Waals surface area contributed by atoms with Crippen molar-refractivity contribution >= 4 is 16.6 Å². The monoisotopic (exact) mass is 129 g/mol. The summed E-state index contributed by atoms with van der Waals surface area (Å²) in [5.41, 5.74) is 0. The molecular formula is C5H12AlNO. The maximum absolute atomic E-state index is 5.09. The highest BCUT2D eigenvalue weighted by atomic mass is 27.1. The molecule has 1 heterocycles. The van der Waals surface area contributed by atoms with Gasteiger partial charge in [-0.05, 0) is 12.8 Å². The van der Waals surface area contributed by atoms with Crippen LogP contribution >= 0.6 is 0 Å².